The lowest BCUT2D eigenvalue weighted by atomic mass is 9.91. The highest BCUT2D eigenvalue weighted by Crippen LogP contribution is 2.26. The fraction of sp³-hybridized carbons (Fsp3) is 0.375. The van der Waals surface area contributed by atoms with Gasteiger partial charge in [0.2, 0.25) is 0 Å². The molecule has 0 spiro atoms. The van der Waals surface area contributed by atoms with Crippen LogP contribution in [0.25, 0.3) is 6.08 Å². The number of carbonyl (C=O) groups excluding carboxylic acids is 1. The number of piperidine rings is 1. The predicted octanol–water partition coefficient (Wildman–Crippen LogP) is 2.96. The first-order valence-corrected chi connectivity index (χ1v) is 8.25. The van der Waals surface area contributed by atoms with Crippen LogP contribution >= 0.6 is 11.6 Å². The molecule has 1 aromatic carbocycles. The number of benzene rings is 1. The third-order valence-corrected chi connectivity index (χ3v) is 4.51. The summed E-state index contributed by atoms with van der Waals surface area (Å²) in [6, 6.07) is 4.43. The minimum Gasteiger partial charge on any atom is -0.324 e. The van der Waals surface area contributed by atoms with Crippen LogP contribution in [-0.2, 0) is 7.05 Å². The number of hydrogen-bond acceptors (Lipinski definition) is 4. The maximum Gasteiger partial charge on any atom is 0.324 e. The van der Waals surface area contributed by atoms with Gasteiger partial charge in [0.05, 0.1) is 5.02 Å². The smallest absolute Gasteiger partial charge is 0.324 e. The van der Waals surface area contributed by atoms with E-state index < -0.39 is 5.82 Å². The first kappa shape index (κ1) is 17.3. The Kier molecular flexibility index (Phi) is 4.98. The Labute approximate surface area is 149 Å². The summed E-state index contributed by atoms with van der Waals surface area (Å²) >= 11 is 5.83. The summed E-state index contributed by atoms with van der Waals surface area (Å²) in [6.07, 6.45) is 2.75. The molecule has 25 heavy (non-hydrogen) atoms. The van der Waals surface area contributed by atoms with Gasteiger partial charge in [-0.3, -0.25) is 5.32 Å². The maximum atomic E-state index is 13.3. The number of anilines is 1. The van der Waals surface area contributed by atoms with Crippen molar-refractivity contribution in [3.05, 3.63) is 40.2 Å². The van der Waals surface area contributed by atoms with Gasteiger partial charge < -0.3 is 4.90 Å². The fourth-order valence-corrected chi connectivity index (χ4v) is 2.96. The average Bonchev–Trinajstić information content (AvgIpc) is 2.97. The third-order valence-electron chi connectivity index (χ3n) is 4.22. The molecule has 0 aliphatic carbocycles. The molecule has 1 fully saturated rings. The summed E-state index contributed by atoms with van der Waals surface area (Å²) < 4.78 is 14.7. The van der Waals surface area contributed by atoms with Crippen LogP contribution in [0.5, 0.6) is 0 Å². The van der Waals surface area contributed by atoms with Gasteiger partial charge in [0.15, 0.2) is 0 Å². The molecule has 1 N–H and O–H groups in total. The summed E-state index contributed by atoms with van der Waals surface area (Å²) in [5, 5.41) is 13.7. The monoisotopic (exact) mass is 364 g/mol. The van der Waals surface area contributed by atoms with Crippen LogP contribution < -0.4 is 5.32 Å². The molecule has 2 heterocycles. The molecule has 132 valence electrons. The molecule has 1 aliphatic rings. The number of halogens is 2. The molecular formula is C16H18ClFN6O. The largest absolute Gasteiger partial charge is 0.324 e. The second-order valence-corrected chi connectivity index (χ2v) is 6.45. The van der Waals surface area contributed by atoms with Gasteiger partial charge in [-0.05, 0) is 40.5 Å². The van der Waals surface area contributed by atoms with Gasteiger partial charge in [0.1, 0.15) is 5.82 Å². The van der Waals surface area contributed by atoms with Crippen molar-refractivity contribution in [1.29, 1.82) is 0 Å². The number of aromatic nitrogens is 4. The molecule has 1 aromatic heterocycles. The second-order valence-electron chi connectivity index (χ2n) is 6.05. The Morgan fingerprint density at radius 2 is 2.28 bits per heavy atom. The van der Waals surface area contributed by atoms with Crippen molar-refractivity contribution in [3.63, 3.8) is 0 Å². The summed E-state index contributed by atoms with van der Waals surface area (Å²) in [4.78, 5) is 14.1. The van der Waals surface area contributed by atoms with E-state index in [1.165, 1.54) is 16.3 Å². The normalized spacial score (nSPS) is 19.3. The minimum atomic E-state index is -0.429. The number of nitrogens with zero attached hydrogens (tertiary/aromatic N) is 5. The number of nitrogens with one attached hydrogen (secondary N) is 1. The van der Waals surface area contributed by atoms with Gasteiger partial charge in [-0.2, -0.15) is 0 Å². The molecule has 0 radical (unpaired) electrons. The molecule has 2 aromatic rings. The molecule has 1 aliphatic heterocycles. The highest BCUT2D eigenvalue weighted by molar-refractivity contribution is 6.30. The zero-order chi connectivity index (χ0) is 18.0. The Morgan fingerprint density at radius 1 is 1.48 bits per heavy atom. The number of rotatable bonds is 2. The van der Waals surface area contributed by atoms with Gasteiger partial charge in [-0.15, -0.1) is 0 Å². The first-order chi connectivity index (χ1) is 11.9. The van der Waals surface area contributed by atoms with E-state index in [0.717, 1.165) is 12.0 Å². The first-order valence-electron chi connectivity index (χ1n) is 7.88. The summed E-state index contributed by atoms with van der Waals surface area (Å²) in [5.74, 6) is 0.0579. The van der Waals surface area contributed by atoms with Crippen LogP contribution in [0.4, 0.5) is 15.1 Å². The number of likely N-dealkylation sites (tertiary alicyclic amines) is 1. The Hall–Kier alpha value is -2.48. The Balaban J connectivity index is 1.65. The van der Waals surface area contributed by atoms with Crippen molar-refractivity contribution < 1.29 is 9.18 Å². The van der Waals surface area contributed by atoms with E-state index in [9.17, 15) is 9.18 Å². The molecule has 1 unspecified atom stereocenters. The van der Waals surface area contributed by atoms with E-state index in [1.807, 2.05) is 6.08 Å². The zero-order valence-corrected chi connectivity index (χ0v) is 14.7. The van der Waals surface area contributed by atoms with Crippen molar-refractivity contribution in [2.45, 2.75) is 13.3 Å². The van der Waals surface area contributed by atoms with Crippen LogP contribution in [0, 0.1) is 11.7 Å². The number of carbonyl (C=O) groups is 1. The summed E-state index contributed by atoms with van der Waals surface area (Å²) in [5.41, 5.74) is 2.06. The summed E-state index contributed by atoms with van der Waals surface area (Å²) in [6.45, 7) is 3.22. The van der Waals surface area contributed by atoms with E-state index in [1.54, 1.807) is 24.1 Å². The number of amides is 2. The van der Waals surface area contributed by atoms with Crippen molar-refractivity contribution in [2.75, 3.05) is 18.4 Å². The van der Waals surface area contributed by atoms with Crippen molar-refractivity contribution in [3.8, 4) is 0 Å². The van der Waals surface area contributed by atoms with E-state index >= 15 is 0 Å². The molecule has 0 bridgehead atoms. The maximum absolute atomic E-state index is 13.3. The summed E-state index contributed by atoms with van der Waals surface area (Å²) in [7, 11) is 1.66. The van der Waals surface area contributed by atoms with Crippen LogP contribution in [0.15, 0.2) is 23.8 Å². The van der Waals surface area contributed by atoms with Crippen LogP contribution in [0.2, 0.25) is 5.02 Å². The third kappa shape index (κ3) is 3.96. The quantitative estimate of drug-likeness (QED) is 0.888. The molecule has 9 heteroatoms. The Morgan fingerprint density at radius 3 is 2.92 bits per heavy atom. The van der Waals surface area contributed by atoms with E-state index in [-0.39, 0.29) is 17.0 Å². The van der Waals surface area contributed by atoms with E-state index in [4.69, 9.17) is 11.6 Å². The van der Waals surface area contributed by atoms with Gasteiger partial charge >= 0.3 is 6.03 Å². The van der Waals surface area contributed by atoms with Crippen molar-refractivity contribution in [1.82, 2.24) is 25.1 Å². The molecule has 3 rings (SSSR count). The SMILES string of the molecule is CC1CN(C(=O)Nc2nnnn2C)CCC1=Cc1ccc(F)c(Cl)c1. The number of hydrogen-bond donors (Lipinski definition) is 1. The number of tetrazole rings is 1. The van der Waals surface area contributed by atoms with Crippen LogP contribution in [0.3, 0.4) is 0 Å². The van der Waals surface area contributed by atoms with Crippen LogP contribution in [0.1, 0.15) is 18.9 Å². The Bertz CT molecular complexity index is 821. The zero-order valence-electron chi connectivity index (χ0n) is 13.9. The molecule has 7 nitrogen and oxygen atoms in total. The lowest BCUT2D eigenvalue weighted by molar-refractivity contribution is 0.197. The highest BCUT2D eigenvalue weighted by Gasteiger charge is 2.25. The van der Waals surface area contributed by atoms with Crippen LogP contribution in [-0.4, -0.2) is 44.2 Å². The van der Waals surface area contributed by atoms with Crippen molar-refractivity contribution >= 4 is 29.7 Å². The van der Waals surface area contributed by atoms with Gasteiger partial charge in [0, 0.05) is 20.1 Å². The number of urea groups is 1. The predicted molar refractivity (Wildman–Crippen MR) is 92.6 cm³/mol. The number of aryl methyl sites for hydroxylation is 1. The molecule has 1 saturated heterocycles. The van der Waals surface area contributed by atoms with Gasteiger partial charge in [0.25, 0.3) is 5.95 Å². The molecule has 0 saturated carbocycles. The van der Waals surface area contributed by atoms with E-state index in [2.05, 4.69) is 27.8 Å². The molecule has 2 amide bonds. The highest BCUT2D eigenvalue weighted by atomic mass is 35.5. The van der Waals surface area contributed by atoms with Gasteiger partial charge in [-0.25, -0.2) is 13.9 Å². The molecule has 1 atom stereocenters. The minimum absolute atomic E-state index is 0.108. The standard InChI is InChI=1S/C16H18ClFN6O/c1-10-9-24(16(25)19-15-20-21-22-23(15)2)6-5-12(10)7-11-3-4-14(18)13(17)8-11/h3-4,7-8,10H,5-6,9H2,1-2H3,(H,19,20,22,25). The topological polar surface area (TPSA) is 75.9 Å². The lowest BCUT2D eigenvalue weighted by Gasteiger charge is -2.33. The second kappa shape index (κ2) is 7.18. The fourth-order valence-electron chi connectivity index (χ4n) is 2.77. The van der Waals surface area contributed by atoms with Gasteiger partial charge in [-0.1, -0.05) is 41.3 Å². The van der Waals surface area contributed by atoms with Crippen molar-refractivity contribution in [2.24, 2.45) is 13.0 Å². The lowest BCUT2D eigenvalue weighted by Crippen LogP contribution is -2.42. The average molecular weight is 365 g/mol. The van der Waals surface area contributed by atoms with E-state index in [0.29, 0.717) is 19.0 Å². The molecular weight excluding hydrogens is 347 g/mol.